The van der Waals surface area contributed by atoms with Crippen LogP contribution in [0.4, 0.5) is 10.2 Å². The van der Waals surface area contributed by atoms with Gasteiger partial charge in [-0.1, -0.05) is 18.2 Å². The lowest BCUT2D eigenvalue weighted by Gasteiger charge is -2.09. The molecular formula is C20H16FN5. The second kappa shape index (κ2) is 6.84. The van der Waals surface area contributed by atoms with E-state index in [1.54, 1.807) is 18.3 Å². The molecule has 1 aromatic carbocycles. The number of hydrogen-bond donors (Lipinski definition) is 1. The van der Waals surface area contributed by atoms with Gasteiger partial charge in [-0.2, -0.15) is 0 Å². The third-order valence-electron chi connectivity index (χ3n) is 4.10. The summed E-state index contributed by atoms with van der Waals surface area (Å²) in [4.78, 5) is 17.3. The molecule has 0 aliphatic rings. The number of aryl methyl sites for hydroxylation is 1. The normalized spacial score (nSPS) is 10.8. The van der Waals surface area contributed by atoms with Gasteiger partial charge in [-0.3, -0.25) is 4.98 Å². The van der Waals surface area contributed by atoms with Crippen LogP contribution in [0.3, 0.4) is 0 Å². The summed E-state index contributed by atoms with van der Waals surface area (Å²) in [5, 5.41) is 4.13. The topological polar surface area (TPSA) is 63.6 Å². The second-order valence-corrected chi connectivity index (χ2v) is 5.99. The Balaban J connectivity index is 1.66. The Labute approximate surface area is 150 Å². The second-order valence-electron chi connectivity index (χ2n) is 5.99. The van der Waals surface area contributed by atoms with E-state index in [2.05, 4.69) is 25.3 Å². The fraction of sp³-hybridized carbons (Fsp3) is 0.100. The van der Waals surface area contributed by atoms with Crippen LogP contribution in [0, 0.1) is 12.7 Å². The molecule has 0 saturated heterocycles. The van der Waals surface area contributed by atoms with E-state index in [9.17, 15) is 4.39 Å². The van der Waals surface area contributed by atoms with Gasteiger partial charge in [-0.15, -0.1) is 0 Å². The first-order chi connectivity index (χ1) is 12.7. The van der Waals surface area contributed by atoms with Crippen molar-refractivity contribution in [1.82, 2.24) is 19.9 Å². The first-order valence-corrected chi connectivity index (χ1v) is 8.21. The molecule has 0 fully saturated rings. The largest absolute Gasteiger partial charge is 0.365 e. The Hall–Kier alpha value is -3.41. The van der Waals surface area contributed by atoms with Gasteiger partial charge in [0.25, 0.3) is 0 Å². The minimum Gasteiger partial charge on any atom is -0.365 e. The zero-order valence-electron chi connectivity index (χ0n) is 14.1. The number of aromatic nitrogens is 4. The molecule has 0 saturated carbocycles. The summed E-state index contributed by atoms with van der Waals surface area (Å²) in [5.74, 6) is 0.437. The third kappa shape index (κ3) is 3.35. The molecule has 0 radical (unpaired) electrons. The van der Waals surface area contributed by atoms with E-state index in [1.165, 1.54) is 18.5 Å². The monoisotopic (exact) mass is 345 g/mol. The molecule has 128 valence electrons. The van der Waals surface area contributed by atoms with Gasteiger partial charge in [-0.25, -0.2) is 19.3 Å². The molecule has 4 rings (SSSR count). The van der Waals surface area contributed by atoms with Gasteiger partial charge in [0.15, 0.2) is 5.65 Å². The summed E-state index contributed by atoms with van der Waals surface area (Å²) < 4.78 is 13.2. The zero-order chi connectivity index (χ0) is 17.9. The van der Waals surface area contributed by atoms with E-state index in [-0.39, 0.29) is 5.82 Å². The van der Waals surface area contributed by atoms with Crippen molar-refractivity contribution in [3.8, 4) is 11.1 Å². The van der Waals surface area contributed by atoms with E-state index in [0.717, 1.165) is 27.8 Å². The van der Waals surface area contributed by atoms with Crippen LogP contribution in [0.1, 0.15) is 11.3 Å². The number of benzene rings is 1. The highest BCUT2D eigenvalue weighted by molar-refractivity contribution is 5.89. The van der Waals surface area contributed by atoms with Crippen LogP contribution in [0.5, 0.6) is 0 Å². The number of nitrogens with one attached hydrogen (secondary N) is 1. The molecule has 3 heterocycles. The van der Waals surface area contributed by atoms with Crippen LogP contribution in [-0.2, 0) is 6.54 Å². The standard InChI is InChI=1S/C20H16FN5/c1-13-2-3-14(9-22-13)10-23-19-18-8-16(11-24-20(18)26-12-25-19)15-4-6-17(21)7-5-15/h2-9,11-12H,10H2,1H3,(H,23,24,25,26). The highest BCUT2D eigenvalue weighted by Crippen LogP contribution is 2.25. The SMILES string of the molecule is Cc1ccc(CNc2ncnc3ncc(-c4ccc(F)cc4)cc23)cn1. The maximum Gasteiger partial charge on any atom is 0.164 e. The zero-order valence-corrected chi connectivity index (χ0v) is 14.1. The van der Waals surface area contributed by atoms with Crippen LogP contribution in [0.15, 0.2) is 61.2 Å². The molecule has 0 aliphatic carbocycles. The van der Waals surface area contributed by atoms with Gasteiger partial charge in [0.05, 0.1) is 5.39 Å². The number of fused-ring (bicyclic) bond motifs is 1. The number of halogens is 1. The van der Waals surface area contributed by atoms with Gasteiger partial charge in [-0.05, 0) is 42.3 Å². The van der Waals surface area contributed by atoms with E-state index in [0.29, 0.717) is 18.0 Å². The Kier molecular flexibility index (Phi) is 4.23. The highest BCUT2D eigenvalue weighted by atomic mass is 19.1. The van der Waals surface area contributed by atoms with Crippen molar-refractivity contribution >= 4 is 16.9 Å². The average molecular weight is 345 g/mol. The van der Waals surface area contributed by atoms with Gasteiger partial charge in [0.1, 0.15) is 18.0 Å². The predicted molar refractivity (Wildman–Crippen MR) is 99.0 cm³/mol. The lowest BCUT2D eigenvalue weighted by molar-refractivity contribution is 0.628. The van der Waals surface area contributed by atoms with Crippen molar-refractivity contribution in [1.29, 1.82) is 0 Å². The first kappa shape index (κ1) is 16.1. The molecule has 0 spiro atoms. The van der Waals surface area contributed by atoms with Crippen LogP contribution in [-0.4, -0.2) is 19.9 Å². The maximum absolute atomic E-state index is 13.2. The van der Waals surface area contributed by atoms with E-state index in [4.69, 9.17) is 0 Å². The van der Waals surface area contributed by atoms with Crippen molar-refractivity contribution in [3.63, 3.8) is 0 Å². The fourth-order valence-electron chi connectivity index (χ4n) is 2.68. The van der Waals surface area contributed by atoms with E-state index < -0.39 is 0 Å². The summed E-state index contributed by atoms with van der Waals surface area (Å²) >= 11 is 0. The van der Waals surface area contributed by atoms with Crippen LogP contribution in [0.25, 0.3) is 22.2 Å². The Morgan fingerprint density at radius 1 is 0.885 bits per heavy atom. The predicted octanol–water partition coefficient (Wildman–Crippen LogP) is 4.15. The van der Waals surface area contributed by atoms with Gasteiger partial charge in [0.2, 0.25) is 0 Å². The summed E-state index contributed by atoms with van der Waals surface area (Å²) in [6.45, 7) is 2.55. The summed E-state index contributed by atoms with van der Waals surface area (Å²) in [5.41, 5.74) is 4.42. The minimum absolute atomic E-state index is 0.264. The van der Waals surface area contributed by atoms with Gasteiger partial charge in [0, 0.05) is 30.2 Å². The first-order valence-electron chi connectivity index (χ1n) is 8.21. The molecule has 0 bridgehead atoms. The lowest BCUT2D eigenvalue weighted by Crippen LogP contribution is -2.03. The van der Waals surface area contributed by atoms with E-state index in [1.807, 2.05) is 31.3 Å². The number of pyridine rings is 2. The molecule has 26 heavy (non-hydrogen) atoms. The highest BCUT2D eigenvalue weighted by Gasteiger charge is 2.08. The van der Waals surface area contributed by atoms with Gasteiger partial charge < -0.3 is 5.32 Å². The smallest absolute Gasteiger partial charge is 0.164 e. The molecule has 0 unspecified atom stereocenters. The average Bonchev–Trinajstić information content (AvgIpc) is 2.68. The molecule has 1 N–H and O–H groups in total. The van der Waals surface area contributed by atoms with Crippen molar-refractivity contribution in [3.05, 3.63) is 78.3 Å². The lowest BCUT2D eigenvalue weighted by atomic mass is 10.1. The van der Waals surface area contributed by atoms with Gasteiger partial charge >= 0.3 is 0 Å². The Bertz CT molecular complexity index is 1050. The number of rotatable bonds is 4. The third-order valence-corrected chi connectivity index (χ3v) is 4.10. The molecule has 0 amide bonds. The van der Waals surface area contributed by atoms with Crippen molar-refractivity contribution < 1.29 is 4.39 Å². The van der Waals surface area contributed by atoms with Crippen LogP contribution >= 0.6 is 0 Å². The number of anilines is 1. The molecule has 4 aromatic rings. The number of nitrogens with zero attached hydrogens (tertiary/aromatic N) is 4. The quantitative estimate of drug-likeness (QED) is 0.602. The van der Waals surface area contributed by atoms with Crippen molar-refractivity contribution in [2.24, 2.45) is 0 Å². The Morgan fingerprint density at radius 3 is 2.50 bits per heavy atom. The van der Waals surface area contributed by atoms with Crippen molar-refractivity contribution in [2.75, 3.05) is 5.32 Å². The molecule has 0 atom stereocenters. The fourth-order valence-corrected chi connectivity index (χ4v) is 2.68. The summed E-state index contributed by atoms with van der Waals surface area (Å²) in [6.07, 6.45) is 5.06. The Morgan fingerprint density at radius 2 is 1.73 bits per heavy atom. The summed E-state index contributed by atoms with van der Waals surface area (Å²) in [7, 11) is 0. The number of hydrogen-bond acceptors (Lipinski definition) is 5. The van der Waals surface area contributed by atoms with Crippen LogP contribution < -0.4 is 5.32 Å². The minimum atomic E-state index is -0.264. The molecule has 6 heteroatoms. The summed E-state index contributed by atoms with van der Waals surface area (Å²) in [6, 6.07) is 12.3. The van der Waals surface area contributed by atoms with Crippen molar-refractivity contribution in [2.45, 2.75) is 13.5 Å². The molecule has 0 aliphatic heterocycles. The maximum atomic E-state index is 13.2. The molecule has 5 nitrogen and oxygen atoms in total. The molecular weight excluding hydrogens is 329 g/mol. The van der Waals surface area contributed by atoms with Crippen LogP contribution in [0.2, 0.25) is 0 Å². The van der Waals surface area contributed by atoms with E-state index >= 15 is 0 Å². The molecule has 3 aromatic heterocycles.